The highest BCUT2D eigenvalue weighted by atomic mass is 79.9. The van der Waals surface area contributed by atoms with Crippen LogP contribution in [0.3, 0.4) is 0 Å². The van der Waals surface area contributed by atoms with E-state index in [1.807, 2.05) is 19.0 Å². The molecule has 174 valence electrons. The third-order valence-electron chi connectivity index (χ3n) is 5.41. The molecular formula is C24H25BrN2O6. The lowest BCUT2D eigenvalue weighted by Crippen LogP contribution is -2.32. The summed E-state index contributed by atoms with van der Waals surface area (Å²) < 4.78 is 5.31. The highest BCUT2D eigenvalue weighted by Gasteiger charge is 2.46. The normalized spacial score (nSPS) is 17.6. The fraction of sp³-hybridized carbons (Fsp3) is 0.292. The summed E-state index contributed by atoms with van der Waals surface area (Å²) in [6.45, 7) is 0.983. The number of phenolic OH excluding ortho intramolecular Hbond substituents is 1. The first kappa shape index (κ1) is 24.5. The molecule has 1 fully saturated rings. The number of nitrogens with zero attached hydrogens (tertiary/aromatic N) is 2. The smallest absolute Gasteiger partial charge is 0.337 e. The van der Waals surface area contributed by atoms with Crippen LogP contribution in [0.2, 0.25) is 0 Å². The van der Waals surface area contributed by atoms with E-state index in [0.717, 1.165) is 0 Å². The fourth-order valence-corrected chi connectivity index (χ4v) is 4.14. The maximum absolute atomic E-state index is 13.0. The van der Waals surface area contributed by atoms with E-state index in [1.54, 1.807) is 18.2 Å². The van der Waals surface area contributed by atoms with E-state index in [4.69, 9.17) is 4.74 Å². The maximum Gasteiger partial charge on any atom is 0.337 e. The lowest BCUT2D eigenvalue weighted by molar-refractivity contribution is -0.139. The molecule has 33 heavy (non-hydrogen) atoms. The average molecular weight is 517 g/mol. The first-order valence-electron chi connectivity index (χ1n) is 10.3. The number of ketones is 1. The van der Waals surface area contributed by atoms with Crippen molar-refractivity contribution in [3.05, 3.63) is 69.2 Å². The van der Waals surface area contributed by atoms with Gasteiger partial charge in [-0.15, -0.1) is 0 Å². The van der Waals surface area contributed by atoms with Crippen molar-refractivity contribution < 1.29 is 29.3 Å². The molecule has 0 aromatic heterocycles. The number of rotatable bonds is 7. The minimum Gasteiger partial charge on any atom is -0.507 e. The summed E-state index contributed by atoms with van der Waals surface area (Å²) in [7, 11) is 5.10. The summed E-state index contributed by atoms with van der Waals surface area (Å²) in [5.74, 6) is -2.77. The zero-order valence-corrected chi connectivity index (χ0v) is 20.1. The topological polar surface area (TPSA) is 107 Å². The van der Waals surface area contributed by atoms with E-state index in [1.165, 1.54) is 36.3 Å². The second-order valence-electron chi connectivity index (χ2n) is 7.92. The number of carbonyl (C=O) groups excluding carboxylic acids is 3. The molecule has 3 rings (SSSR count). The van der Waals surface area contributed by atoms with Gasteiger partial charge in [0.1, 0.15) is 11.5 Å². The van der Waals surface area contributed by atoms with Crippen LogP contribution < -0.4 is 0 Å². The number of aliphatic hydroxyl groups is 1. The number of amides is 1. The van der Waals surface area contributed by atoms with E-state index in [0.29, 0.717) is 28.6 Å². The number of hydrogen-bond acceptors (Lipinski definition) is 7. The van der Waals surface area contributed by atoms with Crippen LogP contribution in [0, 0.1) is 0 Å². The molecule has 0 spiro atoms. The van der Waals surface area contributed by atoms with Gasteiger partial charge in [-0.2, -0.15) is 0 Å². The molecule has 0 unspecified atom stereocenters. The summed E-state index contributed by atoms with van der Waals surface area (Å²) in [4.78, 5) is 41.2. The van der Waals surface area contributed by atoms with Crippen molar-refractivity contribution in [2.24, 2.45) is 0 Å². The number of benzene rings is 2. The number of hydrogen-bond donors (Lipinski definition) is 2. The van der Waals surface area contributed by atoms with Gasteiger partial charge in [-0.3, -0.25) is 9.59 Å². The molecular weight excluding hydrogens is 492 g/mol. The molecule has 9 heteroatoms. The number of carbonyl (C=O) groups is 3. The first-order chi connectivity index (χ1) is 15.6. The van der Waals surface area contributed by atoms with Gasteiger partial charge in [0.2, 0.25) is 0 Å². The van der Waals surface area contributed by atoms with Crippen molar-refractivity contribution in [2.45, 2.75) is 12.5 Å². The summed E-state index contributed by atoms with van der Waals surface area (Å²) in [6.07, 6.45) is 0.610. The molecule has 0 bridgehead atoms. The molecule has 1 saturated heterocycles. The van der Waals surface area contributed by atoms with Crippen LogP contribution in [0.15, 0.2) is 52.5 Å². The first-order valence-corrected chi connectivity index (χ1v) is 11.0. The molecule has 1 atom stereocenters. The van der Waals surface area contributed by atoms with E-state index in [9.17, 15) is 24.6 Å². The van der Waals surface area contributed by atoms with Crippen molar-refractivity contribution in [3.8, 4) is 5.75 Å². The SMILES string of the molecule is COC(=O)c1ccc([C@H]2C(=C(O)c3cc(Br)ccc3O)C(=O)C(=O)N2CCCN(C)C)cc1. The van der Waals surface area contributed by atoms with Crippen molar-refractivity contribution in [3.63, 3.8) is 0 Å². The van der Waals surface area contributed by atoms with Crippen LogP contribution in [0.1, 0.15) is 33.9 Å². The number of aromatic hydroxyl groups is 1. The molecule has 2 N–H and O–H groups in total. The molecule has 1 amide bonds. The van der Waals surface area contributed by atoms with Gasteiger partial charge in [-0.05, 0) is 63.0 Å². The second kappa shape index (κ2) is 10.2. The Morgan fingerprint density at radius 2 is 1.82 bits per heavy atom. The summed E-state index contributed by atoms with van der Waals surface area (Å²) in [5, 5.41) is 21.4. The van der Waals surface area contributed by atoms with Crippen LogP contribution in [0.5, 0.6) is 5.75 Å². The monoisotopic (exact) mass is 516 g/mol. The lowest BCUT2D eigenvalue weighted by Gasteiger charge is -2.26. The number of Topliss-reactive ketones (excluding diaryl/α,β-unsaturated/α-hetero) is 1. The van der Waals surface area contributed by atoms with Crippen molar-refractivity contribution in [2.75, 3.05) is 34.3 Å². The number of esters is 1. The molecule has 1 aliphatic heterocycles. The van der Waals surface area contributed by atoms with Crippen LogP contribution in [0.4, 0.5) is 0 Å². The van der Waals surface area contributed by atoms with Crippen LogP contribution in [-0.4, -0.2) is 72.0 Å². The predicted molar refractivity (Wildman–Crippen MR) is 126 cm³/mol. The van der Waals surface area contributed by atoms with E-state index in [2.05, 4.69) is 15.9 Å². The molecule has 2 aromatic carbocycles. The Morgan fingerprint density at radius 3 is 2.42 bits per heavy atom. The minimum atomic E-state index is -0.878. The third kappa shape index (κ3) is 5.09. The number of aliphatic hydroxyl groups excluding tert-OH is 1. The Hall–Kier alpha value is -3.17. The average Bonchev–Trinajstić information content (AvgIpc) is 3.04. The zero-order chi connectivity index (χ0) is 24.3. The third-order valence-corrected chi connectivity index (χ3v) is 5.90. The highest BCUT2D eigenvalue weighted by Crippen LogP contribution is 2.41. The van der Waals surface area contributed by atoms with Gasteiger partial charge in [-0.1, -0.05) is 28.1 Å². The van der Waals surface area contributed by atoms with E-state index >= 15 is 0 Å². The van der Waals surface area contributed by atoms with Crippen molar-refractivity contribution in [1.29, 1.82) is 0 Å². The van der Waals surface area contributed by atoms with Gasteiger partial charge in [0.05, 0.1) is 29.9 Å². The van der Waals surface area contributed by atoms with E-state index < -0.39 is 29.5 Å². The lowest BCUT2D eigenvalue weighted by atomic mass is 9.94. The number of phenols is 1. The molecule has 1 aliphatic rings. The second-order valence-corrected chi connectivity index (χ2v) is 8.84. The molecule has 1 heterocycles. The van der Waals surface area contributed by atoms with Gasteiger partial charge in [-0.25, -0.2) is 4.79 Å². The van der Waals surface area contributed by atoms with Gasteiger partial charge < -0.3 is 24.7 Å². The number of halogens is 1. The largest absolute Gasteiger partial charge is 0.507 e. The van der Waals surface area contributed by atoms with E-state index in [-0.39, 0.29) is 23.4 Å². The number of methoxy groups -OCH3 is 1. The molecule has 0 aliphatic carbocycles. The van der Waals surface area contributed by atoms with Crippen LogP contribution >= 0.6 is 15.9 Å². The number of ether oxygens (including phenoxy) is 1. The maximum atomic E-state index is 13.0. The Bertz CT molecular complexity index is 1110. The summed E-state index contributed by atoms with van der Waals surface area (Å²) in [6, 6.07) is 9.89. The summed E-state index contributed by atoms with van der Waals surface area (Å²) >= 11 is 3.29. The van der Waals surface area contributed by atoms with Gasteiger partial charge in [0.15, 0.2) is 0 Å². The van der Waals surface area contributed by atoms with Gasteiger partial charge in [0.25, 0.3) is 11.7 Å². The van der Waals surface area contributed by atoms with Gasteiger partial charge >= 0.3 is 5.97 Å². The quantitative estimate of drug-likeness (QED) is 0.251. The molecule has 8 nitrogen and oxygen atoms in total. The number of likely N-dealkylation sites (tertiary alicyclic amines) is 1. The summed E-state index contributed by atoms with van der Waals surface area (Å²) in [5.41, 5.74) is 0.772. The molecule has 0 saturated carbocycles. The minimum absolute atomic E-state index is 0.0341. The van der Waals surface area contributed by atoms with Crippen LogP contribution in [-0.2, 0) is 14.3 Å². The predicted octanol–water partition coefficient (Wildman–Crippen LogP) is 3.31. The fourth-order valence-electron chi connectivity index (χ4n) is 3.78. The Labute approximate surface area is 200 Å². The van der Waals surface area contributed by atoms with Gasteiger partial charge in [0, 0.05) is 11.0 Å². The van der Waals surface area contributed by atoms with Crippen molar-refractivity contribution >= 4 is 39.3 Å². The molecule has 2 aromatic rings. The Balaban J connectivity index is 2.13. The Kier molecular flexibility index (Phi) is 7.55. The Morgan fingerprint density at radius 1 is 1.15 bits per heavy atom. The van der Waals surface area contributed by atoms with Crippen LogP contribution in [0.25, 0.3) is 5.76 Å². The highest BCUT2D eigenvalue weighted by molar-refractivity contribution is 9.10. The standard InChI is InChI=1S/C24H25BrN2O6/c1-26(2)11-4-12-27-20(14-5-7-15(8-6-14)24(32)33-3)19(22(30)23(27)31)21(29)17-13-16(25)9-10-18(17)28/h5-10,13,20,28-29H,4,11-12H2,1-3H3/t20-/m0/s1. The molecule has 0 radical (unpaired) electrons. The zero-order valence-electron chi connectivity index (χ0n) is 18.5. The van der Waals surface area contributed by atoms with Crippen molar-refractivity contribution in [1.82, 2.24) is 9.80 Å².